The molecule has 0 aliphatic carbocycles. The zero-order chi connectivity index (χ0) is 22.4. The minimum absolute atomic E-state index is 0.140. The summed E-state index contributed by atoms with van der Waals surface area (Å²) < 4.78 is 65.1. The van der Waals surface area contributed by atoms with E-state index in [0.717, 1.165) is 17.6 Å². The van der Waals surface area contributed by atoms with Gasteiger partial charge in [-0.15, -0.1) is 0 Å². The summed E-state index contributed by atoms with van der Waals surface area (Å²) in [5.74, 6) is -2.99. The normalized spacial score (nSPS) is 21.2. The molecule has 168 valence electrons. The molecule has 0 radical (unpaired) electrons. The van der Waals surface area contributed by atoms with E-state index in [1.54, 1.807) is 18.2 Å². The molecule has 32 heavy (non-hydrogen) atoms. The maximum Gasteiger partial charge on any atom is 0.241 e. The summed E-state index contributed by atoms with van der Waals surface area (Å²) >= 11 is 0. The van der Waals surface area contributed by atoms with Crippen molar-refractivity contribution >= 4 is 22.6 Å². The minimum atomic E-state index is -2.57. The van der Waals surface area contributed by atoms with Gasteiger partial charge < -0.3 is 19.4 Å². The van der Waals surface area contributed by atoms with Crippen LogP contribution in [0.15, 0.2) is 36.7 Å². The number of benzene rings is 2. The van der Waals surface area contributed by atoms with E-state index in [1.165, 1.54) is 11.2 Å². The fourth-order valence-corrected chi connectivity index (χ4v) is 4.29. The summed E-state index contributed by atoms with van der Waals surface area (Å²) in [7, 11) is 0. The second kappa shape index (κ2) is 8.09. The molecule has 0 spiro atoms. The average Bonchev–Trinajstić information content (AvgIpc) is 3.17. The summed E-state index contributed by atoms with van der Waals surface area (Å²) in [5.41, 5.74) is 1.61. The number of imidazole rings is 1. The van der Waals surface area contributed by atoms with Crippen LogP contribution in [-0.4, -0.2) is 42.1 Å². The standard InChI is InChI=1S/C22H19F4N3O3/c23-14-6-13(32-4-3-18(25)26)7-15(24)20(14)21-19(11-8-31-9-11)22(30)29(21)12-1-2-16-17(5-12)28-10-27-16/h1-2,5-7,10-11,18-19,21H,3-4,8-9H2,(H,27,28). The number of aromatic nitrogens is 2. The minimum Gasteiger partial charge on any atom is -0.493 e. The van der Waals surface area contributed by atoms with Crippen molar-refractivity contribution in [3.05, 3.63) is 53.9 Å². The molecule has 2 fully saturated rings. The van der Waals surface area contributed by atoms with Crippen LogP contribution in [0.3, 0.4) is 0 Å². The number of carbonyl (C=O) groups is 1. The molecular weight excluding hydrogens is 430 g/mol. The molecule has 2 atom stereocenters. The van der Waals surface area contributed by atoms with Crippen LogP contribution in [0.2, 0.25) is 0 Å². The number of rotatable bonds is 7. The number of β-lactam (4-membered cyclic amide) rings is 1. The smallest absolute Gasteiger partial charge is 0.241 e. The Balaban J connectivity index is 1.49. The molecule has 5 rings (SSSR count). The zero-order valence-corrected chi connectivity index (χ0v) is 16.7. The average molecular weight is 449 g/mol. The number of halogens is 4. The van der Waals surface area contributed by atoms with Crippen LogP contribution in [0.1, 0.15) is 18.0 Å². The number of ether oxygens (including phenoxy) is 2. The van der Waals surface area contributed by atoms with Crippen molar-refractivity contribution in [1.82, 2.24) is 9.97 Å². The zero-order valence-electron chi connectivity index (χ0n) is 16.7. The van der Waals surface area contributed by atoms with E-state index < -0.39 is 36.4 Å². The van der Waals surface area contributed by atoms with Crippen LogP contribution < -0.4 is 9.64 Å². The van der Waals surface area contributed by atoms with E-state index in [-0.39, 0.29) is 29.7 Å². The van der Waals surface area contributed by atoms with Crippen LogP contribution in [-0.2, 0) is 9.53 Å². The lowest BCUT2D eigenvalue weighted by Gasteiger charge is -2.52. The first-order valence-electron chi connectivity index (χ1n) is 10.2. The van der Waals surface area contributed by atoms with Gasteiger partial charge in [0.05, 0.1) is 49.1 Å². The number of aromatic amines is 1. The number of fused-ring (bicyclic) bond motifs is 1. The Labute approximate surface area is 180 Å². The topological polar surface area (TPSA) is 67.5 Å². The van der Waals surface area contributed by atoms with Crippen LogP contribution >= 0.6 is 0 Å². The Morgan fingerprint density at radius 2 is 1.94 bits per heavy atom. The maximum absolute atomic E-state index is 15.1. The molecule has 6 nitrogen and oxygen atoms in total. The summed E-state index contributed by atoms with van der Waals surface area (Å²) in [6.45, 7) is 0.323. The van der Waals surface area contributed by atoms with Gasteiger partial charge >= 0.3 is 0 Å². The first-order chi connectivity index (χ1) is 15.4. The van der Waals surface area contributed by atoms with Gasteiger partial charge in [-0.2, -0.15) is 0 Å². The Kier molecular flexibility index (Phi) is 5.24. The van der Waals surface area contributed by atoms with Crippen LogP contribution in [0.4, 0.5) is 23.2 Å². The van der Waals surface area contributed by atoms with Crippen LogP contribution in [0.25, 0.3) is 11.0 Å². The monoisotopic (exact) mass is 449 g/mol. The summed E-state index contributed by atoms with van der Waals surface area (Å²) in [5, 5.41) is 0. The largest absolute Gasteiger partial charge is 0.493 e. The van der Waals surface area contributed by atoms with Crippen LogP contribution in [0.5, 0.6) is 5.75 Å². The lowest BCUT2D eigenvalue weighted by atomic mass is 9.72. The third-order valence-corrected chi connectivity index (χ3v) is 5.95. The van der Waals surface area contributed by atoms with Gasteiger partial charge in [0.1, 0.15) is 17.4 Å². The molecule has 1 aromatic heterocycles. The van der Waals surface area contributed by atoms with Crippen LogP contribution in [0, 0.1) is 23.5 Å². The van der Waals surface area contributed by atoms with Gasteiger partial charge in [-0.25, -0.2) is 22.5 Å². The van der Waals surface area contributed by atoms with Crippen molar-refractivity contribution in [2.24, 2.45) is 11.8 Å². The van der Waals surface area contributed by atoms with E-state index >= 15 is 8.78 Å². The number of anilines is 1. The van der Waals surface area contributed by atoms with Crippen molar-refractivity contribution in [2.75, 3.05) is 24.7 Å². The summed E-state index contributed by atoms with van der Waals surface area (Å²) in [6.07, 6.45) is -1.60. The van der Waals surface area contributed by atoms with E-state index in [4.69, 9.17) is 9.47 Å². The Morgan fingerprint density at radius 1 is 1.19 bits per heavy atom. The first kappa shape index (κ1) is 20.7. The molecule has 3 heterocycles. The van der Waals surface area contributed by atoms with Crippen molar-refractivity contribution in [3.63, 3.8) is 0 Å². The Bertz CT molecular complexity index is 1140. The molecule has 2 aliphatic heterocycles. The number of carbonyl (C=O) groups excluding carboxylic acids is 1. The third kappa shape index (κ3) is 3.48. The highest BCUT2D eigenvalue weighted by atomic mass is 19.3. The number of hydrogen-bond donors (Lipinski definition) is 1. The van der Waals surface area contributed by atoms with E-state index in [0.29, 0.717) is 24.4 Å². The summed E-state index contributed by atoms with van der Waals surface area (Å²) in [4.78, 5) is 21.6. The fourth-order valence-electron chi connectivity index (χ4n) is 4.29. The second-order valence-corrected chi connectivity index (χ2v) is 7.91. The third-order valence-electron chi connectivity index (χ3n) is 5.95. The molecule has 1 amide bonds. The van der Waals surface area contributed by atoms with Gasteiger partial charge in [0, 0.05) is 35.7 Å². The molecule has 2 aliphatic rings. The number of nitrogens with zero attached hydrogens (tertiary/aromatic N) is 2. The molecule has 10 heteroatoms. The van der Waals surface area contributed by atoms with Gasteiger partial charge in [-0.3, -0.25) is 4.79 Å². The summed E-state index contributed by atoms with van der Waals surface area (Å²) in [6, 6.07) is 6.18. The van der Waals surface area contributed by atoms with Gasteiger partial charge in [-0.1, -0.05) is 0 Å². The highest BCUT2D eigenvalue weighted by molar-refractivity contribution is 6.04. The first-order valence-corrected chi connectivity index (χ1v) is 10.2. The molecule has 2 saturated heterocycles. The fraction of sp³-hybridized carbons (Fsp3) is 0.364. The molecule has 1 N–H and O–H groups in total. The molecule has 0 bridgehead atoms. The molecule has 3 aromatic rings. The van der Waals surface area contributed by atoms with Crippen molar-refractivity contribution in [3.8, 4) is 5.75 Å². The lowest BCUT2D eigenvalue weighted by Crippen LogP contribution is -2.61. The highest BCUT2D eigenvalue weighted by Gasteiger charge is 2.55. The van der Waals surface area contributed by atoms with E-state index in [9.17, 15) is 13.6 Å². The lowest BCUT2D eigenvalue weighted by molar-refractivity contribution is -0.145. The van der Waals surface area contributed by atoms with E-state index in [2.05, 4.69) is 9.97 Å². The predicted molar refractivity (Wildman–Crippen MR) is 107 cm³/mol. The Morgan fingerprint density at radius 3 is 2.59 bits per heavy atom. The Hall–Kier alpha value is -3.14. The number of hydrogen-bond acceptors (Lipinski definition) is 4. The van der Waals surface area contributed by atoms with Gasteiger partial charge in [-0.05, 0) is 18.2 Å². The number of amides is 1. The van der Waals surface area contributed by atoms with Gasteiger partial charge in [0.2, 0.25) is 12.3 Å². The number of H-pyrrole nitrogens is 1. The molecule has 2 aromatic carbocycles. The quantitative estimate of drug-likeness (QED) is 0.433. The molecule has 2 unspecified atom stereocenters. The van der Waals surface area contributed by atoms with Crippen molar-refractivity contribution < 1.29 is 31.8 Å². The highest BCUT2D eigenvalue weighted by Crippen LogP contribution is 2.50. The SMILES string of the molecule is O=C1C(C2COC2)C(c2c(F)cc(OCCC(F)F)cc2F)N1c1ccc2[nH]cnc2c1. The van der Waals surface area contributed by atoms with Gasteiger partial charge in [0.25, 0.3) is 0 Å². The molecule has 0 saturated carbocycles. The molecular formula is C22H19F4N3O3. The predicted octanol–water partition coefficient (Wildman–Crippen LogP) is 4.23. The van der Waals surface area contributed by atoms with Gasteiger partial charge in [0.15, 0.2) is 0 Å². The number of nitrogens with one attached hydrogen (secondary N) is 1. The van der Waals surface area contributed by atoms with Crippen molar-refractivity contribution in [1.29, 1.82) is 0 Å². The maximum atomic E-state index is 15.1. The van der Waals surface area contributed by atoms with E-state index in [1.807, 2.05) is 0 Å². The number of alkyl halides is 2. The van der Waals surface area contributed by atoms with Crippen molar-refractivity contribution in [2.45, 2.75) is 18.9 Å². The second-order valence-electron chi connectivity index (χ2n) is 7.91.